The number of rotatable bonds is 8. The van der Waals surface area contributed by atoms with E-state index in [1.807, 2.05) is 45.9 Å². The van der Waals surface area contributed by atoms with Gasteiger partial charge in [-0.05, 0) is 62.1 Å². The Morgan fingerprint density at radius 3 is 2.03 bits per heavy atom. The van der Waals surface area contributed by atoms with E-state index in [9.17, 15) is 25.9 Å². The fourth-order valence-electron chi connectivity index (χ4n) is 5.10. The van der Waals surface area contributed by atoms with Crippen molar-refractivity contribution in [3.8, 4) is 22.5 Å². The molecule has 3 N–H and O–H groups in total. The maximum absolute atomic E-state index is 12.6. The number of hydrogen-bond acceptors (Lipinski definition) is 7. The van der Waals surface area contributed by atoms with Crippen LogP contribution in [0.15, 0.2) is 56.7 Å². The molecule has 1 heterocycles. The predicted octanol–water partition coefficient (Wildman–Crippen LogP) is 5.15. The van der Waals surface area contributed by atoms with Crippen LogP contribution in [0.5, 0.6) is 0 Å². The van der Waals surface area contributed by atoms with E-state index in [1.165, 1.54) is 6.07 Å². The van der Waals surface area contributed by atoms with Crippen LogP contribution >= 0.6 is 0 Å². The summed E-state index contributed by atoms with van der Waals surface area (Å²) in [5, 5.41) is 9.43. The van der Waals surface area contributed by atoms with Gasteiger partial charge in [0.15, 0.2) is 0 Å². The number of nitrogens with one attached hydrogen (secondary N) is 1. The molecule has 1 aliphatic heterocycles. The second kappa shape index (κ2) is 10.1. The van der Waals surface area contributed by atoms with Gasteiger partial charge in [-0.1, -0.05) is 19.9 Å². The summed E-state index contributed by atoms with van der Waals surface area (Å²) in [5.74, 6) is 0.364. The molecule has 2 aromatic rings. The molecule has 2 aliphatic rings. The van der Waals surface area contributed by atoms with Gasteiger partial charge in [0, 0.05) is 53.0 Å². The summed E-state index contributed by atoms with van der Waals surface area (Å²) in [6.07, 6.45) is 1.07. The van der Waals surface area contributed by atoms with Crippen LogP contribution < -0.4 is 10.3 Å². The van der Waals surface area contributed by atoms with E-state index in [2.05, 4.69) is 4.90 Å². The summed E-state index contributed by atoms with van der Waals surface area (Å²) < 4.78 is 74.7. The average molecular weight is 559 g/mol. The summed E-state index contributed by atoms with van der Waals surface area (Å²) in [5.41, 5.74) is 3.95. The Balaban J connectivity index is 2.28. The van der Waals surface area contributed by atoms with Crippen LogP contribution in [0.4, 0.5) is 5.69 Å². The van der Waals surface area contributed by atoms with Gasteiger partial charge in [-0.3, -0.25) is 9.11 Å². The second-order valence-corrected chi connectivity index (χ2v) is 11.7. The largest absolute Gasteiger partial charge is 0.456 e. The highest BCUT2D eigenvalue weighted by Crippen LogP contribution is 2.45. The third-order valence-corrected chi connectivity index (χ3v) is 8.59. The smallest absolute Gasteiger partial charge is 0.295 e. The lowest BCUT2D eigenvalue weighted by molar-refractivity contribution is 0.481. The molecule has 0 atom stereocenters. The summed E-state index contributed by atoms with van der Waals surface area (Å²) in [6, 6.07) is 10.2. The molecule has 0 amide bonds. The first-order valence-electron chi connectivity index (χ1n) is 12.3. The Morgan fingerprint density at radius 1 is 0.816 bits per heavy atom. The summed E-state index contributed by atoms with van der Waals surface area (Å²) in [4.78, 5) is 0.798. The highest BCUT2D eigenvalue weighted by molar-refractivity contribution is 7.86. The quantitative estimate of drug-likeness (QED) is 0.199. The molecule has 0 spiro atoms. The van der Waals surface area contributed by atoms with Gasteiger partial charge in [0.05, 0.1) is 10.3 Å². The fraction of sp³-hybridized carbons (Fsp3) is 0.296. The number of anilines is 1. The molecule has 38 heavy (non-hydrogen) atoms. The number of hydrogen-bond donors (Lipinski definition) is 3. The zero-order chi connectivity index (χ0) is 28.0. The molecule has 0 saturated heterocycles. The number of fused-ring (bicyclic) bond motifs is 2. The van der Waals surface area contributed by atoms with Crippen molar-refractivity contribution in [1.82, 2.24) is 0 Å². The molecule has 0 radical (unpaired) electrons. The molecule has 1 aliphatic carbocycles. The molecule has 0 bridgehead atoms. The molecule has 0 fully saturated rings. The van der Waals surface area contributed by atoms with Gasteiger partial charge in [0.1, 0.15) is 16.2 Å². The average Bonchev–Trinajstić information content (AvgIpc) is 2.85. The minimum absolute atomic E-state index is 0.0516. The van der Waals surface area contributed by atoms with Gasteiger partial charge in [-0.15, -0.1) is 0 Å². The summed E-state index contributed by atoms with van der Waals surface area (Å²) in [6.45, 7) is 9.41. The first kappa shape index (κ1) is 27.8. The Kier molecular flexibility index (Phi) is 7.41. The van der Waals surface area contributed by atoms with Crippen LogP contribution in [0.2, 0.25) is 0 Å². The van der Waals surface area contributed by atoms with Gasteiger partial charge in [0.25, 0.3) is 20.2 Å². The molecule has 0 saturated carbocycles. The molecule has 0 aromatic heterocycles. The van der Waals surface area contributed by atoms with Gasteiger partial charge >= 0.3 is 0 Å². The Morgan fingerprint density at radius 2 is 1.47 bits per heavy atom. The van der Waals surface area contributed by atoms with E-state index in [0.717, 1.165) is 42.0 Å². The fourth-order valence-corrected chi connectivity index (χ4v) is 6.41. The zero-order valence-electron chi connectivity index (χ0n) is 21.6. The summed E-state index contributed by atoms with van der Waals surface area (Å²) in [7, 11) is -9.67. The minimum atomic E-state index is -4.93. The van der Waals surface area contributed by atoms with Crippen LogP contribution in [0.1, 0.15) is 38.8 Å². The molecule has 202 valence electrons. The Hall–Kier alpha value is -3.25. The van der Waals surface area contributed by atoms with Crippen molar-refractivity contribution >= 4 is 36.9 Å². The molecule has 4 rings (SSSR count). The molecule has 11 heteroatoms. The van der Waals surface area contributed by atoms with Gasteiger partial charge in [-0.25, -0.2) is 0 Å². The highest BCUT2D eigenvalue weighted by atomic mass is 32.2. The van der Waals surface area contributed by atoms with Crippen molar-refractivity contribution in [2.24, 2.45) is 0 Å². The lowest BCUT2D eigenvalue weighted by atomic mass is 9.86. The topological polar surface area (TPSA) is 149 Å². The number of benzene rings is 3. The van der Waals surface area contributed by atoms with Crippen LogP contribution in [0, 0.1) is 5.41 Å². The van der Waals surface area contributed by atoms with E-state index in [4.69, 9.17) is 9.83 Å². The van der Waals surface area contributed by atoms with Crippen molar-refractivity contribution in [3.05, 3.63) is 58.9 Å². The van der Waals surface area contributed by atoms with Crippen LogP contribution in [-0.4, -0.2) is 39.0 Å². The molecule has 2 aromatic carbocycles. The van der Waals surface area contributed by atoms with Crippen molar-refractivity contribution < 1.29 is 30.4 Å². The molecule has 0 unspecified atom stereocenters. The third-order valence-electron chi connectivity index (χ3n) is 6.85. The van der Waals surface area contributed by atoms with E-state index in [1.54, 1.807) is 6.07 Å². The Bertz CT molecular complexity index is 1790. The predicted molar refractivity (Wildman–Crippen MR) is 146 cm³/mol. The maximum Gasteiger partial charge on any atom is 0.295 e. The summed E-state index contributed by atoms with van der Waals surface area (Å²) >= 11 is 0. The lowest BCUT2D eigenvalue weighted by Gasteiger charge is -2.24. The van der Waals surface area contributed by atoms with Gasteiger partial charge < -0.3 is 14.7 Å². The van der Waals surface area contributed by atoms with Crippen molar-refractivity contribution in [3.63, 3.8) is 0 Å². The monoisotopic (exact) mass is 558 g/mol. The van der Waals surface area contributed by atoms with Crippen molar-refractivity contribution in [2.45, 2.75) is 50.3 Å². The van der Waals surface area contributed by atoms with Crippen LogP contribution in [0.3, 0.4) is 0 Å². The SMILES string of the molecule is CCc1c2c(-c3ccc(S(=O)(=O)O)cc3S(=O)(=O)O)c3ccc(N(CC)CC)cc3oc-2cc(=N)c1CC. The van der Waals surface area contributed by atoms with Crippen molar-refractivity contribution in [2.75, 3.05) is 18.0 Å². The highest BCUT2D eigenvalue weighted by Gasteiger charge is 2.28. The van der Waals surface area contributed by atoms with Crippen molar-refractivity contribution in [1.29, 1.82) is 5.41 Å². The van der Waals surface area contributed by atoms with E-state index < -0.39 is 30.0 Å². The van der Waals surface area contributed by atoms with E-state index in [0.29, 0.717) is 46.1 Å². The minimum Gasteiger partial charge on any atom is -0.456 e. The molecular formula is C27H30N2O7S2. The first-order valence-corrected chi connectivity index (χ1v) is 15.2. The van der Waals surface area contributed by atoms with Gasteiger partial charge in [-0.2, -0.15) is 16.8 Å². The third kappa shape index (κ3) is 4.82. The lowest BCUT2D eigenvalue weighted by Crippen LogP contribution is -2.21. The molecule has 9 nitrogen and oxygen atoms in total. The van der Waals surface area contributed by atoms with Crippen LogP contribution in [-0.2, 0) is 33.1 Å². The van der Waals surface area contributed by atoms with E-state index in [-0.39, 0.29) is 5.56 Å². The standard InChI is InChI=1S/C27H30N2O7S2/c1-5-18-19(6-2)27-24(15-22(18)28)36-23-13-16(29(7-3)8-4)9-11-20(23)26(27)21-12-10-17(37(30,31)32)14-25(21)38(33,34)35/h9-15,28H,5-8H2,1-4H3,(H,30,31,32)(H,33,34,35). The normalized spacial score (nSPS) is 12.4. The van der Waals surface area contributed by atoms with Gasteiger partial charge in [0.2, 0.25) is 0 Å². The Labute approximate surface area is 222 Å². The molecular weight excluding hydrogens is 528 g/mol. The maximum atomic E-state index is 12.6. The first-order chi connectivity index (χ1) is 17.8. The van der Waals surface area contributed by atoms with Crippen LogP contribution in [0.25, 0.3) is 33.4 Å². The second-order valence-electron chi connectivity index (χ2n) is 8.90. The van der Waals surface area contributed by atoms with E-state index >= 15 is 0 Å². The number of nitrogens with zero attached hydrogens (tertiary/aromatic N) is 1. The zero-order valence-corrected chi connectivity index (χ0v) is 23.2.